The van der Waals surface area contributed by atoms with Gasteiger partial charge in [-0.05, 0) is 23.8 Å². The maximum atomic E-state index is 13.2. The van der Waals surface area contributed by atoms with Gasteiger partial charge in [0.2, 0.25) is 11.8 Å². The number of ether oxygens (including phenoxy) is 1. The molecule has 0 aliphatic carbocycles. The quantitative estimate of drug-likeness (QED) is 0.561. The Bertz CT molecular complexity index is 1180. The standard InChI is InChI=1S/C21H14F6N4O2/c22-20(23,24)13-6-11(7-14(8-13)21(25,26)27)9-31-10-33-17-15(18(31)32)16(29-19(28)30-17)12-4-2-1-3-5-12/h1-8H,9-10H2,(H2,28,29,30). The third-order valence-electron chi connectivity index (χ3n) is 4.82. The number of carbonyl (C=O) groups is 1. The zero-order chi connectivity index (χ0) is 24.0. The van der Waals surface area contributed by atoms with Crippen molar-refractivity contribution < 1.29 is 35.9 Å². The highest BCUT2D eigenvalue weighted by Crippen LogP contribution is 2.37. The summed E-state index contributed by atoms with van der Waals surface area (Å²) in [5.74, 6) is -1.01. The van der Waals surface area contributed by atoms with E-state index >= 15 is 0 Å². The van der Waals surface area contributed by atoms with Crippen LogP contribution in [-0.4, -0.2) is 27.5 Å². The molecular weight excluding hydrogens is 454 g/mol. The van der Waals surface area contributed by atoms with E-state index in [2.05, 4.69) is 9.97 Å². The molecule has 2 heterocycles. The first kappa shape index (κ1) is 22.4. The van der Waals surface area contributed by atoms with Crippen LogP contribution in [0.1, 0.15) is 27.0 Å². The fourth-order valence-corrected chi connectivity index (χ4v) is 3.36. The summed E-state index contributed by atoms with van der Waals surface area (Å²) in [7, 11) is 0. The van der Waals surface area contributed by atoms with Crippen LogP contribution >= 0.6 is 0 Å². The van der Waals surface area contributed by atoms with Crippen molar-refractivity contribution in [3.63, 3.8) is 0 Å². The highest BCUT2D eigenvalue weighted by atomic mass is 19.4. The molecule has 172 valence electrons. The Balaban J connectivity index is 1.73. The molecule has 0 spiro atoms. The van der Waals surface area contributed by atoms with Crippen LogP contribution in [0, 0.1) is 0 Å². The van der Waals surface area contributed by atoms with Gasteiger partial charge in [0, 0.05) is 12.1 Å². The molecule has 33 heavy (non-hydrogen) atoms. The summed E-state index contributed by atoms with van der Waals surface area (Å²) in [6, 6.07) is 9.56. The van der Waals surface area contributed by atoms with Gasteiger partial charge in [0.15, 0.2) is 6.73 Å². The van der Waals surface area contributed by atoms with E-state index in [1.54, 1.807) is 30.3 Å². The second kappa shape index (κ2) is 7.94. The van der Waals surface area contributed by atoms with E-state index in [4.69, 9.17) is 10.5 Å². The van der Waals surface area contributed by atoms with Crippen LogP contribution in [0.15, 0.2) is 48.5 Å². The fraction of sp³-hybridized carbons (Fsp3) is 0.190. The molecule has 0 bridgehead atoms. The summed E-state index contributed by atoms with van der Waals surface area (Å²) in [4.78, 5) is 22.1. The zero-order valence-electron chi connectivity index (χ0n) is 16.5. The lowest BCUT2D eigenvalue weighted by Gasteiger charge is -2.29. The number of nitrogens with two attached hydrogens (primary N) is 1. The Hall–Kier alpha value is -3.83. The van der Waals surface area contributed by atoms with Gasteiger partial charge >= 0.3 is 12.4 Å². The molecule has 0 atom stereocenters. The van der Waals surface area contributed by atoms with Gasteiger partial charge < -0.3 is 15.4 Å². The minimum absolute atomic E-state index is 0.0252. The predicted molar refractivity (Wildman–Crippen MR) is 104 cm³/mol. The van der Waals surface area contributed by atoms with Gasteiger partial charge in [-0.15, -0.1) is 0 Å². The van der Waals surface area contributed by atoms with Crippen molar-refractivity contribution >= 4 is 11.9 Å². The van der Waals surface area contributed by atoms with E-state index in [1.165, 1.54) is 0 Å². The molecular formula is C21H14F6N4O2. The van der Waals surface area contributed by atoms with Crippen LogP contribution in [0.4, 0.5) is 32.3 Å². The normalized spacial score (nSPS) is 14.1. The summed E-state index contributed by atoms with van der Waals surface area (Å²) in [6.07, 6.45) is -10.0. The number of rotatable bonds is 3. The molecule has 2 aromatic carbocycles. The second-order valence-electron chi connectivity index (χ2n) is 7.17. The Morgan fingerprint density at radius 2 is 1.55 bits per heavy atom. The number of fused-ring (bicyclic) bond motifs is 1. The highest BCUT2D eigenvalue weighted by molar-refractivity contribution is 6.02. The molecule has 0 unspecified atom stereocenters. The SMILES string of the molecule is Nc1nc2c(c(-c3ccccc3)n1)C(=O)N(Cc1cc(C(F)(F)F)cc(C(F)(F)F)c1)CO2. The number of hydrogen-bond donors (Lipinski definition) is 1. The molecule has 0 radical (unpaired) electrons. The number of nitrogens with zero attached hydrogens (tertiary/aromatic N) is 3. The fourth-order valence-electron chi connectivity index (χ4n) is 3.36. The molecule has 2 N–H and O–H groups in total. The molecule has 4 rings (SSSR count). The summed E-state index contributed by atoms with van der Waals surface area (Å²) in [6.45, 7) is -1.02. The smallest absolute Gasteiger partial charge is 0.416 e. The molecule has 1 aliphatic rings. The molecule has 1 amide bonds. The average molecular weight is 468 g/mol. The van der Waals surface area contributed by atoms with Crippen LogP contribution in [0.5, 0.6) is 5.88 Å². The number of aromatic nitrogens is 2. The van der Waals surface area contributed by atoms with Gasteiger partial charge in [-0.3, -0.25) is 4.79 Å². The predicted octanol–water partition coefficient (Wildman–Crippen LogP) is 4.76. The van der Waals surface area contributed by atoms with Crippen molar-refractivity contribution in [1.82, 2.24) is 14.9 Å². The third-order valence-corrected chi connectivity index (χ3v) is 4.82. The number of halogens is 6. The van der Waals surface area contributed by atoms with Gasteiger partial charge in [-0.2, -0.15) is 31.3 Å². The number of amides is 1. The summed E-state index contributed by atoms with van der Waals surface area (Å²) in [5.41, 5.74) is 2.93. The third kappa shape index (κ3) is 4.54. The molecule has 12 heteroatoms. The second-order valence-corrected chi connectivity index (χ2v) is 7.17. The summed E-state index contributed by atoms with van der Waals surface area (Å²) < 4.78 is 84.4. The lowest BCUT2D eigenvalue weighted by Crippen LogP contribution is -2.39. The Labute approximate surface area is 182 Å². The number of anilines is 1. The van der Waals surface area contributed by atoms with Gasteiger partial charge in [0.05, 0.1) is 16.8 Å². The van der Waals surface area contributed by atoms with Crippen LogP contribution in [0.3, 0.4) is 0 Å². The number of hydrogen-bond acceptors (Lipinski definition) is 5. The lowest BCUT2D eigenvalue weighted by atomic mass is 10.0. The summed E-state index contributed by atoms with van der Waals surface area (Å²) >= 11 is 0. The van der Waals surface area contributed by atoms with Crippen LogP contribution < -0.4 is 10.5 Å². The molecule has 0 fully saturated rings. The topological polar surface area (TPSA) is 81.3 Å². The number of nitrogen functional groups attached to an aromatic ring is 1. The van der Waals surface area contributed by atoms with Gasteiger partial charge in [0.1, 0.15) is 5.56 Å². The number of benzene rings is 2. The van der Waals surface area contributed by atoms with E-state index in [9.17, 15) is 31.1 Å². The van der Waals surface area contributed by atoms with E-state index < -0.39 is 42.7 Å². The largest absolute Gasteiger partial charge is 0.455 e. The van der Waals surface area contributed by atoms with Crippen LogP contribution in [0.2, 0.25) is 0 Å². The Kier molecular flexibility index (Phi) is 5.38. The summed E-state index contributed by atoms with van der Waals surface area (Å²) in [5, 5.41) is 0. The van der Waals surface area contributed by atoms with Gasteiger partial charge in [0.25, 0.3) is 5.91 Å². The highest BCUT2D eigenvalue weighted by Gasteiger charge is 2.38. The molecule has 1 aliphatic heterocycles. The van der Waals surface area contributed by atoms with E-state index in [1.807, 2.05) is 0 Å². The Morgan fingerprint density at radius 3 is 2.12 bits per heavy atom. The van der Waals surface area contributed by atoms with E-state index in [0.717, 1.165) is 4.90 Å². The van der Waals surface area contributed by atoms with Crippen molar-refractivity contribution in [2.75, 3.05) is 12.5 Å². The molecule has 0 saturated heterocycles. The first-order valence-electron chi connectivity index (χ1n) is 9.37. The molecule has 3 aromatic rings. The maximum absolute atomic E-state index is 13.2. The molecule has 0 saturated carbocycles. The number of alkyl halides is 6. The maximum Gasteiger partial charge on any atom is 0.416 e. The van der Waals surface area contributed by atoms with Crippen molar-refractivity contribution in [3.05, 3.63) is 70.8 Å². The van der Waals surface area contributed by atoms with Crippen molar-refractivity contribution in [1.29, 1.82) is 0 Å². The van der Waals surface area contributed by atoms with Crippen molar-refractivity contribution in [2.45, 2.75) is 18.9 Å². The van der Waals surface area contributed by atoms with E-state index in [-0.39, 0.29) is 34.7 Å². The minimum Gasteiger partial charge on any atom is -0.455 e. The first-order valence-corrected chi connectivity index (χ1v) is 9.37. The average Bonchev–Trinajstić information content (AvgIpc) is 2.74. The van der Waals surface area contributed by atoms with Crippen molar-refractivity contribution in [2.24, 2.45) is 0 Å². The lowest BCUT2D eigenvalue weighted by molar-refractivity contribution is -0.143. The zero-order valence-corrected chi connectivity index (χ0v) is 16.5. The van der Waals surface area contributed by atoms with E-state index in [0.29, 0.717) is 17.7 Å². The first-order chi connectivity index (χ1) is 15.4. The van der Waals surface area contributed by atoms with Crippen LogP contribution in [0.25, 0.3) is 11.3 Å². The molecule has 6 nitrogen and oxygen atoms in total. The Morgan fingerprint density at radius 1 is 0.939 bits per heavy atom. The minimum atomic E-state index is -5.00. The monoisotopic (exact) mass is 468 g/mol. The van der Waals surface area contributed by atoms with Crippen molar-refractivity contribution in [3.8, 4) is 17.1 Å². The van der Waals surface area contributed by atoms with Crippen LogP contribution in [-0.2, 0) is 18.9 Å². The molecule has 1 aromatic heterocycles. The van der Waals surface area contributed by atoms with Gasteiger partial charge in [-0.1, -0.05) is 30.3 Å². The van der Waals surface area contributed by atoms with Gasteiger partial charge in [-0.25, -0.2) is 4.98 Å². The number of carbonyl (C=O) groups excluding carboxylic acids is 1.